The molecular formula is C9H11N3O2. The highest BCUT2D eigenvalue weighted by atomic mass is 16.5. The fourth-order valence-electron chi connectivity index (χ4n) is 1.13. The minimum atomic E-state index is 0.546. The number of methoxy groups -OCH3 is 2. The molecule has 0 spiro atoms. The van der Waals surface area contributed by atoms with Crippen LogP contribution >= 0.6 is 0 Å². The van der Waals surface area contributed by atoms with E-state index in [1.165, 1.54) is 7.11 Å². The number of benzene rings is 1. The van der Waals surface area contributed by atoms with Gasteiger partial charge in [-0.3, -0.25) is 0 Å². The Hall–Kier alpha value is -1.87. The Labute approximate surface area is 81.9 Å². The SMILES string of the molecule is COc1cc(C)c(N=[N+]=[N-])cc1OC. The summed E-state index contributed by atoms with van der Waals surface area (Å²) < 4.78 is 10.2. The molecule has 0 aliphatic heterocycles. The van der Waals surface area contributed by atoms with Crippen LogP contribution in [0.1, 0.15) is 5.56 Å². The average Bonchev–Trinajstić information content (AvgIpc) is 2.20. The summed E-state index contributed by atoms with van der Waals surface area (Å²) in [6.45, 7) is 1.84. The number of aryl methyl sites for hydroxylation is 1. The van der Waals surface area contributed by atoms with Crippen molar-refractivity contribution in [1.82, 2.24) is 0 Å². The normalized spacial score (nSPS) is 9.07. The second kappa shape index (κ2) is 4.39. The first-order chi connectivity index (χ1) is 6.72. The molecule has 0 N–H and O–H groups in total. The Kier molecular flexibility index (Phi) is 3.20. The van der Waals surface area contributed by atoms with Crippen molar-refractivity contribution in [3.63, 3.8) is 0 Å². The lowest BCUT2D eigenvalue weighted by Crippen LogP contribution is -1.90. The number of ether oxygens (including phenoxy) is 2. The standard InChI is InChI=1S/C9H11N3O2/c1-6-4-8(13-2)9(14-3)5-7(6)11-12-10/h4-5H,1-3H3. The van der Waals surface area contributed by atoms with Crippen LogP contribution in [0.4, 0.5) is 5.69 Å². The second-order valence-corrected chi connectivity index (χ2v) is 2.68. The first-order valence-electron chi connectivity index (χ1n) is 4.00. The predicted molar refractivity (Wildman–Crippen MR) is 53.1 cm³/mol. The molecule has 0 amide bonds. The zero-order valence-electron chi connectivity index (χ0n) is 8.31. The lowest BCUT2D eigenvalue weighted by Gasteiger charge is -2.09. The van der Waals surface area contributed by atoms with Gasteiger partial charge in [0.2, 0.25) is 0 Å². The van der Waals surface area contributed by atoms with Crippen LogP contribution in [0.2, 0.25) is 0 Å². The van der Waals surface area contributed by atoms with E-state index in [4.69, 9.17) is 15.0 Å². The second-order valence-electron chi connectivity index (χ2n) is 2.68. The van der Waals surface area contributed by atoms with Crippen LogP contribution in [0.3, 0.4) is 0 Å². The van der Waals surface area contributed by atoms with Crippen molar-refractivity contribution in [2.45, 2.75) is 6.92 Å². The Balaban J connectivity index is 3.29. The lowest BCUT2D eigenvalue weighted by atomic mass is 10.2. The first-order valence-corrected chi connectivity index (χ1v) is 4.00. The quantitative estimate of drug-likeness (QED) is 0.420. The highest BCUT2D eigenvalue weighted by Gasteiger charge is 2.06. The monoisotopic (exact) mass is 193 g/mol. The van der Waals surface area contributed by atoms with E-state index < -0.39 is 0 Å². The molecule has 0 unspecified atom stereocenters. The van der Waals surface area contributed by atoms with Gasteiger partial charge in [-0.1, -0.05) is 5.11 Å². The zero-order valence-corrected chi connectivity index (χ0v) is 8.31. The third kappa shape index (κ3) is 1.89. The van der Waals surface area contributed by atoms with Crippen LogP contribution in [-0.4, -0.2) is 14.2 Å². The molecule has 1 aromatic carbocycles. The van der Waals surface area contributed by atoms with Gasteiger partial charge in [0.25, 0.3) is 0 Å². The van der Waals surface area contributed by atoms with Gasteiger partial charge in [-0.15, -0.1) is 0 Å². The Morgan fingerprint density at radius 3 is 2.29 bits per heavy atom. The summed E-state index contributed by atoms with van der Waals surface area (Å²) in [4.78, 5) is 2.73. The van der Waals surface area contributed by atoms with Gasteiger partial charge in [0.15, 0.2) is 11.5 Å². The highest BCUT2D eigenvalue weighted by molar-refractivity contribution is 5.56. The third-order valence-corrected chi connectivity index (χ3v) is 1.85. The molecule has 0 radical (unpaired) electrons. The number of hydrogen-bond acceptors (Lipinski definition) is 3. The van der Waals surface area contributed by atoms with E-state index in [1.54, 1.807) is 19.2 Å². The van der Waals surface area contributed by atoms with Gasteiger partial charge in [0.05, 0.1) is 14.2 Å². The molecule has 14 heavy (non-hydrogen) atoms. The van der Waals surface area contributed by atoms with Crippen LogP contribution in [0.25, 0.3) is 10.4 Å². The van der Waals surface area contributed by atoms with Crippen LogP contribution < -0.4 is 9.47 Å². The zero-order chi connectivity index (χ0) is 10.6. The third-order valence-electron chi connectivity index (χ3n) is 1.85. The van der Waals surface area contributed by atoms with Gasteiger partial charge in [-0.2, -0.15) is 0 Å². The molecular weight excluding hydrogens is 182 g/mol. The van der Waals surface area contributed by atoms with E-state index in [0.717, 1.165) is 5.56 Å². The Morgan fingerprint density at radius 1 is 1.21 bits per heavy atom. The number of azide groups is 1. The van der Waals surface area contributed by atoms with Crippen molar-refractivity contribution in [2.24, 2.45) is 5.11 Å². The number of nitrogens with zero attached hydrogens (tertiary/aromatic N) is 3. The van der Waals surface area contributed by atoms with E-state index in [1.807, 2.05) is 6.92 Å². The molecule has 0 aliphatic rings. The summed E-state index contributed by atoms with van der Waals surface area (Å²) >= 11 is 0. The summed E-state index contributed by atoms with van der Waals surface area (Å²) in [5, 5.41) is 3.54. The molecule has 74 valence electrons. The van der Waals surface area contributed by atoms with Crippen LogP contribution in [0, 0.1) is 6.92 Å². The Bertz CT molecular complexity index is 384. The molecule has 1 aromatic rings. The van der Waals surface area contributed by atoms with Gasteiger partial charge in [-0.25, -0.2) is 0 Å². The largest absolute Gasteiger partial charge is 0.493 e. The van der Waals surface area contributed by atoms with E-state index in [0.29, 0.717) is 17.2 Å². The highest BCUT2D eigenvalue weighted by Crippen LogP contribution is 2.34. The molecule has 0 aromatic heterocycles. The molecule has 0 aliphatic carbocycles. The minimum Gasteiger partial charge on any atom is -0.493 e. The van der Waals surface area contributed by atoms with Crippen molar-refractivity contribution in [1.29, 1.82) is 0 Å². The number of rotatable bonds is 3. The van der Waals surface area contributed by atoms with Gasteiger partial charge in [0.1, 0.15) is 0 Å². The average molecular weight is 193 g/mol. The molecule has 5 heteroatoms. The molecule has 1 rings (SSSR count). The van der Waals surface area contributed by atoms with E-state index in [-0.39, 0.29) is 0 Å². The summed E-state index contributed by atoms with van der Waals surface area (Å²) in [6, 6.07) is 3.41. The maximum atomic E-state index is 8.32. The van der Waals surface area contributed by atoms with E-state index in [2.05, 4.69) is 10.0 Å². The van der Waals surface area contributed by atoms with Gasteiger partial charge < -0.3 is 9.47 Å². The topological polar surface area (TPSA) is 67.2 Å². The molecule has 0 bridgehead atoms. The molecule has 0 heterocycles. The van der Waals surface area contributed by atoms with Gasteiger partial charge in [0, 0.05) is 10.6 Å². The van der Waals surface area contributed by atoms with E-state index in [9.17, 15) is 0 Å². The Morgan fingerprint density at radius 2 is 1.79 bits per heavy atom. The fraction of sp³-hybridized carbons (Fsp3) is 0.333. The molecule has 5 nitrogen and oxygen atoms in total. The molecule has 0 atom stereocenters. The van der Waals surface area contributed by atoms with E-state index >= 15 is 0 Å². The summed E-state index contributed by atoms with van der Waals surface area (Å²) in [6.07, 6.45) is 0. The maximum absolute atomic E-state index is 8.32. The van der Waals surface area contributed by atoms with Crippen molar-refractivity contribution >= 4 is 5.69 Å². The summed E-state index contributed by atoms with van der Waals surface area (Å²) in [5.41, 5.74) is 9.71. The first kappa shape index (κ1) is 10.2. The van der Waals surface area contributed by atoms with Gasteiger partial charge >= 0.3 is 0 Å². The smallest absolute Gasteiger partial charge is 0.161 e. The van der Waals surface area contributed by atoms with Crippen molar-refractivity contribution < 1.29 is 9.47 Å². The van der Waals surface area contributed by atoms with Crippen LogP contribution in [-0.2, 0) is 0 Å². The van der Waals surface area contributed by atoms with Crippen molar-refractivity contribution in [2.75, 3.05) is 14.2 Å². The summed E-state index contributed by atoms with van der Waals surface area (Å²) in [5.74, 6) is 1.18. The summed E-state index contributed by atoms with van der Waals surface area (Å²) in [7, 11) is 3.09. The van der Waals surface area contributed by atoms with Crippen LogP contribution in [0.5, 0.6) is 11.5 Å². The minimum absolute atomic E-state index is 0.546. The maximum Gasteiger partial charge on any atom is 0.161 e. The lowest BCUT2D eigenvalue weighted by molar-refractivity contribution is 0.355. The fourth-order valence-corrected chi connectivity index (χ4v) is 1.13. The van der Waals surface area contributed by atoms with Crippen molar-refractivity contribution in [3.05, 3.63) is 28.1 Å². The molecule has 0 saturated heterocycles. The van der Waals surface area contributed by atoms with Crippen molar-refractivity contribution in [3.8, 4) is 11.5 Å². The predicted octanol–water partition coefficient (Wildman–Crippen LogP) is 2.95. The number of hydrogen-bond donors (Lipinski definition) is 0. The molecule has 0 fully saturated rings. The molecule has 0 saturated carbocycles. The van der Waals surface area contributed by atoms with Crippen LogP contribution in [0.15, 0.2) is 17.2 Å². The van der Waals surface area contributed by atoms with Gasteiger partial charge in [-0.05, 0) is 30.2 Å².